The van der Waals surface area contributed by atoms with Gasteiger partial charge in [0.25, 0.3) is 5.91 Å². The quantitative estimate of drug-likeness (QED) is 0.759. The van der Waals surface area contributed by atoms with Crippen LogP contribution < -0.4 is 9.47 Å². The standard InChI is InChI=1S/C17H17BrFN3O3/c18-12-8-20-17(21-9-12)25-15-2-1-7-22(10-15)16(23)11-24-14-5-3-13(19)4-6-14/h3-6,8-9,15H,1-2,7,10-11H2. The number of halogens is 2. The number of piperidine rings is 1. The van der Waals surface area contributed by atoms with Crippen molar-refractivity contribution in [1.82, 2.24) is 14.9 Å². The van der Waals surface area contributed by atoms with Gasteiger partial charge in [0.1, 0.15) is 17.7 Å². The molecule has 25 heavy (non-hydrogen) atoms. The molecular weight excluding hydrogens is 393 g/mol. The van der Waals surface area contributed by atoms with Crippen molar-refractivity contribution >= 4 is 21.8 Å². The minimum atomic E-state index is -0.343. The number of carbonyl (C=O) groups is 1. The Morgan fingerprint density at radius 1 is 1.28 bits per heavy atom. The number of hydrogen-bond acceptors (Lipinski definition) is 5. The first-order valence-electron chi connectivity index (χ1n) is 7.90. The highest BCUT2D eigenvalue weighted by Crippen LogP contribution is 2.17. The fraction of sp³-hybridized carbons (Fsp3) is 0.353. The number of rotatable bonds is 5. The van der Waals surface area contributed by atoms with Gasteiger partial charge in [0.2, 0.25) is 0 Å². The van der Waals surface area contributed by atoms with Crippen LogP contribution in [-0.4, -0.2) is 46.6 Å². The lowest BCUT2D eigenvalue weighted by molar-refractivity contribution is -0.136. The summed E-state index contributed by atoms with van der Waals surface area (Å²) < 4.78 is 24.8. The van der Waals surface area contributed by atoms with E-state index in [2.05, 4.69) is 25.9 Å². The molecule has 8 heteroatoms. The fourth-order valence-electron chi connectivity index (χ4n) is 2.54. The normalized spacial score (nSPS) is 17.2. The molecule has 2 aromatic rings. The summed E-state index contributed by atoms with van der Waals surface area (Å²) in [6, 6.07) is 5.88. The number of ether oxygens (including phenoxy) is 2. The van der Waals surface area contributed by atoms with Gasteiger partial charge in [0.05, 0.1) is 11.0 Å². The number of nitrogens with zero attached hydrogens (tertiary/aromatic N) is 3. The number of amides is 1. The van der Waals surface area contributed by atoms with E-state index in [9.17, 15) is 9.18 Å². The van der Waals surface area contributed by atoms with E-state index >= 15 is 0 Å². The third kappa shape index (κ3) is 5.12. The first-order valence-corrected chi connectivity index (χ1v) is 8.70. The lowest BCUT2D eigenvalue weighted by Gasteiger charge is -2.32. The van der Waals surface area contributed by atoms with Crippen LogP contribution in [0.1, 0.15) is 12.8 Å². The zero-order valence-corrected chi connectivity index (χ0v) is 15.0. The summed E-state index contributed by atoms with van der Waals surface area (Å²) in [5, 5.41) is 0. The van der Waals surface area contributed by atoms with Gasteiger partial charge in [-0.3, -0.25) is 4.79 Å². The smallest absolute Gasteiger partial charge is 0.316 e. The van der Waals surface area contributed by atoms with Crippen LogP contribution in [-0.2, 0) is 4.79 Å². The van der Waals surface area contributed by atoms with Crippen molar-refractivity contribution < 1.29 is 18.7 Å². The number of aromatic nitrogens is 2. The third-order valence-corrected chi connectivity index (χ3v) is 4.19. The molecule has 1 aromatic carbocycles. The van der Waals surface area contributed by atoms with Crippen LogP contribution in [0.4, 0.5) is 4.39 Å². The van der Waals surface area contributed by atoms with Gasteiger partial charge >= 0.3 is 6.01 Å². The van der Waals surface area contributed by atoms with Gasteiger partial charge in [-0.15, -0.1) is 0 Å². The molecule has 0 bridgehead atoms. The van der Waals surface area contributed by atoms with Crippen LogP contribution in [0.15, 0.2) is 41.1 Å². The molecule has 132 valence electrons. The first-order chi connectivity index (χ1) is 12.1. The molecular formula is C17H17BrFN3O3. The largest absolute Gasteiger partial charge is 0.484 e. The predicted molar refractivity (Wildman–Crippen MR) is 91.9 cm³/mol. The first kappa shape index (κ1) is 17.6. The molecule has 1 saturated heterocycles. The number of benzene rings is 1. The van der Waals surface area contributed by atoms with Crippen molar-refractivity contribution in [3.63, 3.8) is 0 Å². The highest BCUT2D eigenvalue weighted by Gasteiger charge is 2.25. The molecule has 0 radical (unpaired) electrons. The van der Waals surface area contributed by atoms with Crippen LogP contribution >= 0.6 is 15.9 Å². The molecule has 1 atom stereocenters. The Bertz CT molecular complexity index is 712. The molecule has 1 fully saturated rings. The van der Waals surface area contributed by atoms with Gasteiger partial charge in [0.15, 0.2) is 6.61 Å². The van der Waals surface area contributed by atoms with Crippen molar-refractivity contribution in [1.29, 1.82) is 0 Å². The maximum Gasteiger partial charge on any atom is 0.316 e. The average molecular weight is 410 g/mol. The summed E-state index contributed by atoms with van der Waals surface area (Å²) in [6.45, 7) is 1.03. The highest BCUT2D eigenvalue weighted by atomic mass is 79.9. The minimum absolute atomic E-state index is 0.0901. The maximum absolute atomic E-state index is 12.9. The zero-order valence-electron chi connectivity index (χ0n) is 13.4. The van der Waals surface area contributed by atoms with Crippen molar-refractivity contribution in [2.75, 3.05) is 19.7 Å². The number of carbonyl (C=O) groups excluding carboxylic acids is 1. The lowest BCUT2D eigenvalue weighted by Crippen LogP contribution is -2.46. The summed E-state index contributed by atoms with van der Waals surface area (Å²) in [5.41, 5.74) is 0. The number of likely N-dealkylation sites (tertiary alicyclic amines) is 1. The second-order valence-corrected chi connectivity index (χ2v) is 6.56. The molecule has 0 N–H and O–H groups in total. The van der Waals surface area contributed by atoms with Gasteiger partial charge in [0, 0.05) is 18.9 Å². The molecule has 1 aliphatic heterocycles. The number of hydrogen-bond donors (Lipinski definition) is 0. The molecule has 2 heterocycles. The molecule has 1 amide bonds. The summed E-state index contributed by atoms with van der Waals surface area (Å²) in [5.74, 6) is -0.0120. The van der Waals surface area contributed by atoms with Crippen LogP contribution in [0, 0.1) is 5.82 Å². The van der Waals surface area contributed by atoms with E-state index in [0.717, 1.165) is 17.3 Å². The van der Waals surface area contributed by atoms with E-state index in [1.54, 1.807) is 17.3 Å². The summed E-state index contributed by atoms with van der Waals surface area (Å²) in [6.07, 6.45) is 4.76. The Balaban J connectivity index is 1.50. The van der Waals surface area contributed by atoms with Crippen LogP contribution in [0.5, 0.6) is 11.8 Å². The van der Waals surface area contributed by atoms with E-state index in [4.69, 9.17) is 9.47 Å². The van der Waals surface area contributed by atoms with E-state index in [-0.39, 0.29) is 24.4 Å². The summed E-state index contributed by atoms with van der Waals surface area (Å²) >= 11 is 3.27. The molecule has 1 aromatic heterocycles. The van der Waals surface area contributed by atoms with Gasteiger partial charge in [-0.1, -0.05) is 0 Å². The zero-order chi connectivity index (χ0) is 17.6. The molecule has 3 rings (SSSR count). The van der Waals surface area contributed by atoms with Crippen LogP contribution in [0.25, 0.3) is 0 Å². The lowest BCUT2D eigenvalue weighted by atomic mass is 10.1. The minimum Gasteiger partial charge on any atom is -0.484 e. The second-order valence-electron chi connectivity index (χ2n) is 5.65. The summed E-state index contributed by atoms with van der Waals surface area (Å²) in [4.78, 5) is 22.2. The van der Waals surface area contributed by atoms with Gasteiger partial charge in [-0.05, 0) is 53.0 Å². The van der Waals surface area contributed by atoms with Gasteiger partial charge in [-0.2, -0.15) is 0 Å². The van der Waals surface area contributed by atoms with Crippen LogP contribution in [0.3, 0.4) is 0 Å². The Labute approximate surface area is 153 Å². The van der Waals surface area contributed by atoms with Crippen molar-refractivity contribution in [2.24, 2.45) is 0 Å². The molecule has 1 aliphatic rings. The third-order valence-electron chi connectivity index (χ3n) is 3.78. The SMILES string of the molecule is O=C(COc1ccc(F)cc1)N1CCCC(Oc2ncc(Br)cn2)C1. The van der Waals surface area contributed by atoms with Gasteiger partial charge in [-0.25, -0.2) is 14.4 Å². The maximum atomic E-state index is 12.9. The molecule has 6 nitrogen and oxygen atoms in total. The Morgan fingerprint density at radius 2 is 2.00 bits per heavy atom. The monoisotopic (exact) mass is 409 g/mol. The Hall–Kier alpha value is -2.22. The predicted octanol–water partition coefficient (Wildman–Crippen LogP) is 2.83. The second kappa shape index (κ2) is 8.24. The molecule has 0 aliphatic carbocycles. The van der Waals surface area contributed by atoms with Gasteiger partial charge < -0.3 is 14.4 Å². The van der Waals surface area contributed by atoms with Crippen LogP contribution in [0.2, 0.25) is 0 Å². The highest BCUT2D eigenvalue weighted by molar-refractivity contribution is 9.10. The topological polar surface area (TPSA) is 64.5 Å². The molecule has 0 spiro atoms. The van der Waals surface area contributed by atoms with Crippen molar-refractivity contribution in [3.8, 4) is 11.8 Å². The summed E-state index contributed by atoms with van der Waals surface area (Å²) in [7, 11) is 0. The van der Waals surface area contributed by atoms with E-state index in [1.165, 1.54) is 24.3 Å². The Morgan fingerprint density at radius 3 is 2.72 bits per heavy atom. The van der Waals surface area contributed by atoms with Crippen molar-refractivity contribution in [3.05, 3.63) is 46.9 Å². The van der Waals surface area contributed by atoms with E-state index < -0.39 is 0 Å². The van der Waals surface area contributed by atoms with E-state index in [1.807, 2.05) is 0 Å². The average Bonchev–Trinajstić information content (AvgIpc) is 2.63. The molecule has 0 saturated carbocycles. The van der Waals surface area contributed by atoms with Crippen molar-refractivity contribution in [2.45, 2.75) is 18.9 Å². The molecule has 1 unspecified atom stereocenters. The fourth-order valence-corrected chi connectivity index (χ4v) is 2.74. The van der Waals surface area contributed by atoms with E-state index in [0.29, 0.717) is 24.8 Å². The Kier molecular flexibility index (Phi) is 5.80.